The second kappa shape index (κ2) is 9.62. The maximum Gasteiger partial charge on any atom is 0.219 e. The van der Waals surface area contributed by atoms with Gasteiger partial charge < -0.3 is 9.30 Å². The minimum Gasteiger partial charge on any atom is -0.489 e. The molecule has 0 fully saturated rings. The number of aryl methyl sites for hydroxylation is 1. The predicted molar refractivity (Wildman–Crippen MR) is 111 cm³/mol. The minimum atomic E-state index is -0.0167. The van der Waals surface area contributed by atoms with Crippen molar-refractivity contribution in [3.63, 3.8) is 0 Å². The monoisotopic (exact) mass is 400 g/mol. The molecule has 1 heterocycles. The van der Waals surface area contributed by atoms with Crippen molar-refractivity contribution in [2.24, 2.45) is 0 Å². The number of ether oxygens (including phenoxy) is 1. The summed E-state index contributed by atoms with van der Waals surface area (Å²) in [6.07, 6.45) is 8.99. The predicted octanol–water partition coefficient (Wildman–Crippen LogP) is 5.12. The van der Waals surface area contributed by atoms with Gasteiger partial charge >= 0.3 is 0 Å². The van der Waals surface area contributed by atoms with Crippen LogP contribution in [0.2, 0.25) is 5.02 Å². The van der Waals surface area contributed by atoms with Crippen LogP contribution in [0.15, 0.2) is 67.3 Å². The molecule has 27 heavy (non-hydrogen) atoms. The molecule has 0 saturated heterocycles. The van der Waals surface area contributed by atoms with Crippen LogP contribution in [0, 0.1) is 0 Å². The van der Waals surface area contributed by atoms with E-state index in [9.17, 15) is 4.79 Å². The molecule has 1 aromatic heterocycles. The standard InChI is InChI=1S/C21H21ClN2O2S/c1-27-21(25)17-5-10-19(11-6-17)26-20(14-24-13-12-23-15-24)9-4-16-2-7-18(22)8-3-16/h2-3,5-8,10-13,15,20H,4,9,14H2,1H3. The Morgan fingerprint density at radius 3 is 2.56 bits per heavy atom. The maximum absolute atomic E-state index is 11.7. The number of halogens is 1. The van der Waals surface area contributed by atoms with Crippen molar-refractivity contribution >= 4 is 28.5 Å². The van der Waals surface area contributed by atoms with Gasteiger partial charge in [-0.3, -0.25) is 4.79 Å². The second-order valence-electron chi connectivity index (χ2n) is 6.18. The zero-order valence-corrected chi connectivity index (χ0v) is 16.6. The van der Waals surface area contributed by atoms with Crippen LogP contribution < -0.4 is 4.74 Å². The second-order valence-corrected chi connectivity index (χ2v) is 7.40. The average Bonchev–Trinajstić information content (AvgIpc) is 3.20. The van der Waals surface area contributed by atoms with E-state index in [2.05, 4.69) is 4.98 Å². The Morgan fingerprint density at radius 1 is 1.19 bits per heavy atom. The van der Waals surface area contributed by atoms with E-state index in [1.54, 1.807) is 18.8 Å². The van der Waals surface area contributed by atoms with Crippen LogP contribution in [-0.4, -0.2) is 27.0 Å². The van der Waals surface area contributed by atoms with Crippen LogP contribution in [-0.2, 0) is 13.0 Å². The Bertz CT molecular complexity index is 849. The quantitative estimate of drug-likeness (QED) is 0.526. The van der Waals surface area contributed by atoms with Crippen molar-refractivity contribution in [3.8, 4) is 5.75 Å². The molecule has 3 rings (SSSR count). The molecule has 6 heteroatoms. The van der Waals surface area contributed by atoms with Gasteiger partial charge in [0, 0.05) is 23.0 Å². The van der Waals surface area contributed by atoms with Gasteiger partial charge in [-0.15, -0.1) is 0 Å². The summed E-state index contributed by atoms with van der Waals surface area (Å²) in [5.74, 6) is 0.758. The third-order valence-corrected chi connectivity index (χ3v) is 5.08. The van der Waals surface area contributed by atoms with E-state index in [1.807, 2.05) is 59.3 Å². The normalized spacial score (nSPS) is 11.9. The number of carbonyl (C=O) groups excluding carboxylic acids is 1. The zero-order valence-electron chi connectivity index (χ0n) is 15.0. The highest BCUT2D eigenvalue weighted by atomic mass is 35.5. The van der Waals surface area contributed by atoms with E-state index in [0.29, 0.717) is 12.1 Å². The van der Waals surface area contributed by atoms with Crippen LogP contribution in [0.3, 0.4) is 0 Å². The highest BCUT2D eigenvalue weighted by molar-refractivity contribution is 8.13. The van der Waals surface area contributed by atoms with Gasteiger partial charge in [-0.2, -0.15) is 0 Å². The fourth-order valence-electron chi connectivity index (χ4n) is 2.78. The summed E-state index contributed by atoms with van der Waals surface area (Å²) >= 11 is 7.17. The molecule has 0 saturated carbocycles. The van der Waals surface area contributed by atoms with E-state index >= 15 is 0 Å². The number of nitrogens with zero attached hydrogens (tertiary/aromatic N) is 2. The third-order valence-electron chi connectivity index (χ3n) is 4.22. The number of aromatic nitrogens is 2. The van der Waals surface area contributed by atoms with Gasteiger partial charge in [0.25, 0.3) is 0 Å². The van der Waals surface area contributed by atoms with Gasteiger partial charge in [0.15, 0.2) is 0 Å². The molecule has 3 aromatic rings. The van der Waals surface area contributed by atoms with E-state index < -0.39 is 0 Å². The molecular formula is C21H21ClN2O2S. The summed E-state index contributed by atoms with van der Waals surface area (Å²) in [4.78, 5) is 15.8. The van der Waals surface area contributed by atoms with Crippen LogP contribution >= 0.6 is 23.4 Å². The number of rotatable bonds is 8. The molecule has 0 N–H and O–H groups in total. The first-order valence-electron chi connectivity index (χ1n) is 8.69. The Morgan fingerprint density at radius 2 is 1.93 bits per heavy atom. The Kier molecular flexibility index (Phi) is 6.96. The lowest BCUT2D eigenvalue weighted by atomic mass is 10.1. The van der Waals surface area contributed by atoms with E-state index in [4.69, 9.17) is 16.3 Å². The van der Waals surface area contributed by atoms with E-state index in [-0.39, 0.29) is 11.2 Å². The number of hydrogen-bond donors (Lipinski definition) is 0. The van der Waals surface area contributed by atoms with E-state index in [1.165, 1.54) is 17.3 Å². The van der Waals surface area contributed by atoms with Gasteiger partial charge in [-0.1, -0.05) is 35.5 Å². The molecule has 140 valence electrons. The largest absolute Gasteiger partial charge is 0.489 e. The molecular weight excluding hydrogens is 380 g/mol. The van der Waals surface area contributed by atoms with Crippen molar-refractivity contribution in [3.05, 3.63) is 83.4 Å². The average molecular weight is 401 g/mol. The molecule has 0 aliphatic carbocycles. The zero-order chi connectivity index (χ0) is 19.1. The summed E-state index contributed by atoms with van der Waals surface area (Å²) in [5, 5.41) is 0.795. The minimum absolute atomic E-state index is 0.0167. The first-order chi connectivity index (χ1) is 13.1. The Balaban J connectivity index is 1.67. The highest BCUT2D eigenvalue weighted by Gasteiger charge is 2.13. The summed E-state index contributed by atoms with van der Waals surface area (Å²) in [6, 6.07) is 15.2. The number of carbonyl (C=O) groups is 1. The fraction of sp³-hybridized carbons (Fsp3) is 0.238. The van der Waals surface area contributed by atoms with Crippen LogP contribution in [0.4, 0.5) is 0 Å². The highest BCUT2D eigenvalue weighted by Crippen LogP contribution is 2.20. The van der Waals surface area contributed by atoms with Gasteiger partial charge in [0.2, 0.25) is 5.12 Å². The molecule has 1 atom stereocenters. The van der Waals surface area contributed by atoms with Crippen LogP contribution in [0.5, 0.6) is 5.75 Å². The number of benzene rings is 2. The molecule has 0 aliphatic heterocycles. The van der Waals surface area contributed by atoms with Crippen molar-refractivity contribution in [2.45, 2.75) is 25.5 Å². The molecule has 0 aliphatic rings. The molecule has 4 nitrogen and oxygen atoms in total. The van der Waals surface area contributed by atoms with Gasteiger partial charge in [0.1, 0.15) is 11.9 Å². The van der Waals surface area contributed by atoms with Gasteiger partial charge in [-0.25, -0.2) is 4.98 Å². The lowest BCUT2D eigenvalue weighted by Gasteiger charge is -2.20. The molecule has 0 bridgehead atoms. The third kappa shape index (κ3) is 5.88. The first kappa shape index (κ1) is 19.5. The van der Waals surface area contributed by atoms with Crippen molar-refractivity contribution < 1.29 is 9.53 Å². The molecule has 0 radical (unpaired) electrons. The summed E-state index contributed by atoms with van der Waals surface area (Å²) in [5.41, 5.74) is 1.90. The van der Waals surface area contributed by atoms with Gasteiger partial charge in [-0.05, 0) is 61.1 Å². The summed E-state index contributed by atoms with van der Waals surface area (Å²) in [6.45, 7) is 0.707. The topological polar surface area (TPSA) is 44.1 Å². The molecule has 1 unspecified atom stereocenters. The van der Waals surface area contributed by atoms with Crippen LogP contribution in [0.1, 0.15) is 22.3 Å². The first-order valence-corrected chi connectivity index (χ1v) is 10.3. The lowest BCUT2D eigenvalue weighted by Crippen LogP contribution is -2.23. The molecule has 0 amide bonds. The van der Waals surface area contributed by atoms with Crippen molar-refractivity contribution in [2.75, 3.05) is 6.26 Å². The van der Waals surface area contributed by atoms with Crippen molar-refractivity contribution in [1.29, 1.82) is 0 Å². The summed E-state index contributed by atoms with van der Waals surface area (Å²) in [7, 11) is 0. The maximum atomic E-state index is 11.7. The SMILES string of the molecule is CSC(=O)c1ccc(OC(CCc2ccc(Cl)cc2)Cn2ccnc2)cc1. The summed E-state index contributed by atoms with van der Waals surface area (Å²) < 4.78 is 8.22. The number of thioether (sulfide) groups is 1. The van der Waals surface area contributed by atoms with Crippen molar-refractivity contribution in [1.82, 2.24) is 9.55 Å². The molecule has 0 spiro atoms. The number of hydrogen-bond acceptors (Lipinski definition) is 4. The lowest BCUT2D eigenvalue weighted by molar-refractivity contribution is 0.108. The Hall–Kier alpha value is -2.24. The fourth-order valence-corrected chi connectivity index (χ4v) is 3.27. The molecule has 2 aromatic carbocycles. The Labute approximate surface area is 168 Å². The van der Waals surface area contributed by atoms with Crippen LogP contribution in [0.25, 0.3) is 0 Å². The van der Waals surface area contributed by atoms with Gasteiger partial charge in [0.05, 0.1) is 12.9 Å². The van der Waals surface area contributed by atoms with E-state index in [0.717, 1.165) is 23.6 Å². The smallest absolute Gasteiger partial charge is 0.219 e. The number of imidazole rings is 1.